The van der Waals surface area contributed by atoms with Gasteiger partial charge in [0.1, 0.15) is 12.1 Å². The lowest BCUT2D eigenvalue weighted by atomic mass is 9.94. The minimum atomic E-state index is -0.298. The smallest absolute Gasteiger partial charge is 0.225 e. The zero-order valence-corrected chi connectivity index (χ0v) is 20.4. The van der Waals surface area contributed by atoms with E-state index in [-0.39, 0.29) is 48.7 Å². The molecule has 0 saturated carbocycles. The molecule has 0 aliphatic heterocycles. The van der Waals surface area contributed by atoms with Gasteiger partial charge >= 0.3 is 0 Å². The third kappa shape index (κ3) is 6.31. The van der Waals surface area contributed by atoms with E-state index < -0.39 is 0 Å². The number of hydrogen-bond acceptors (Lipinski definition) is 6. The van der Waals surface area contributed by atoms with Crippen LogP contribution in [0.4, 0.5) is 0 Å². The molecular formula is C28H26ClN3O4. The van der Waals surface area contributed by atoms with Crippen LogP contribution in [0.1, 0.15) is 33.9 Å². The first-order valence-electron chi connectivity index (χ1n) is 11.4. The number of nitrogens with one attached hydrogen (secondary N) is 1. The molecule has 1 atom stereocenters. The van der Waals surface area contributed by atoms with Gasteiger partial charge in [-0.25, -0.2) is 9.97 Å². The van der Waals surface area contributed by atoms with Crippen molar-refractivity contribution in [3.63, 3.8) is 0 Å². The van der Waals surface area contributed by atoms with Gasteiger partial charge in [-0.15, -0.1) is 0 Å². The molecule has 1 heterocycles. The average Bonchev–Trinajstić information content (AvgIpc) is 2.86. The Kier molecular flexibility index (Phi) is 8.02. The van der Waals surface area contributed by atoms with Crippen molar-refractivity contribution in [3.05, 3.63) is 112 Å². The molecule has 1 unspecified atom stereocenters. The maximum atomic E-state index is 13.0. The minimum absolute atomic E-state index is 0.109. The van der Waals surface area contributed by atoms with E-state index in [0.717, 1.165) is 28.6 Å². The number of hydrogen-bond donors (Lipinski definition) is 3. The van der Waals surface area contributed by atoms with E-state index in [4.69, 9.17) is 16.3 Å². The average molecular weight is 504 g/mol. The molecule has 184 valence electrons. The van der Waals surface area contributed by atoms with Crippen LogP contribution in [-0.4, -0.2) is 32.7 Å². The van der Waals surface area contributed by atoms with E-state index in [2.05, 4.69) is 15.3 Å². The van der Waals surface area contributed by atoms with Gasteiger partial charge in [0.2, 0.25) is 17.7 Å². The van der Waals surface area contributed by atoms with Crippen molar-refractivity contribution in [1.82, 2.24) is 15.3 Å². The third-order valence-corrected chi connectivity index (χ3v) is 6.02. The van der Waals surface area contributed by atoms with Gasteiger partial charge in [0.25, 0.3) is 0 Å². The second kappa shape index (κ2) is 11.6. The maximum Gasteiger partial charge on any atom is 0.225 e. The second-order valence-electron chi connectivity index (χ2n) is 8.33. The second-order valence-corrected chi connectivity index (χ2v) is 8.77. The number of carbonyl (C=O) groups is 1. The van der Waals surface area contributed by atoms with Crippen molar-refractivity contribution in [2.45, 2.75) is 25.8 Å². The van der Waals surface area contributed by atoms with Gasteiger partial charge in [-0.1, -0.05) is 60.1 Å². The Morgan fingerprint density at radius 1 is 1.00 bits per heavy atom. The van der Waals surface area contributed by atoms with Crippen LogP contribution < -0.4 is 10.1 Å². The van der Waals surface area contributed by atoms with Gasteiger partial charge in [0, 0.05) is 11.4 Å². The Morgan fingerprint density at radius 2 is 1.69 bits per heavy atom. The predicted molar refractivity (Wildman–Crippen MR) is 137 cm³/mol. The van der Waals surface area contributed by atoms with Crippen LogP contribution in [0, 0.1) is 6.92 Å². The number of amides is 1. The van der Waals surface area contributed by atoms with Crippen molar-refractivity contribution in [1.29, 1.82) is 0 Å². The van der Waals surface area contributed by atoms with Gasteiger partial charge in [0.05, 0.1) is 24.6 Å². The van der Waals surface area contributed by atoms with Gasteiger partial charge in [-0.2, -0.15) is 0 Å². The van der Waals surface area contributed by atoms with Gasteiger partial charge in [0.15, 0.2) is 0 Å². The largest absolute Gasteiger partial charge is 0.493 e. The molecule has 0 saturated heterocycles. The molecular weight excluding hydrogens is 478 g/mol. The van der Waals surface area contributed by atoms with Crippen LogP contribution in [0.5, 0.6) is 17.5 Å². The lowest BCUT2D eigenvalue weighted by Gasteiger charge is -2.22. The lowest BCUT2D eigenvalue weighted by molar-refractivity contribution is -0.120. The minimum Gasteiger partial charge on any atom is -0.493 e. The molecule has 36 heavy (non-hydrogen) atoms. The summed E-state index contributed by atoms with van der Waals surface area (Å²) in [5.74, 6) is -0.0408. The summed E-state index contributed by atoms with van der Waals surface area (Å²) in [6, 6.07) is 22.4. The Labute approximate surface area is 214 Å². The summed E-state index contributed by atoms with van der Waals surface area (Å²) < 4.78 is 5.69. The first-order valence-corrected chi connectivity index (χ1v) is 11.8. The highest BCUT2D eigenvalue weighted by molar-refractivity contribution is 6.30. The molecule has 4 rings (SSSR count). The van der Waals surface area contributed by atoms with E-state index in [0.29, 0.717) is 10.8 Å². The summed E-state index contributed by atoms with van der Waals surface area (Å²) in [6.45, 7) is 2.20. The van der Waals surface area contributed by atoms with E-state index in [9.17, 15) is 15.0 Å². The lowest BCUT2D eigenvalue weighted by Crippen LogP contribution is -2.31. The van der Waals surface area contributed by atoms with E-state index in [1.165, 1.54) is 0 Å². The van der Waals surface area contributed by atoms with Crippen LogP contribution in [-0.2, 0) is 17.6 Å². The molecule has 1 aromatic heterocycles. The van der Waals surface area contributed by atoms with Crippen LogP contribution in [0.25, 0.3) is 0 Å². The number of halogens is 1. The van der Waals surface area contributed by atoms with Crippen molar-refractivity contribution in [2.24, 2.45) is 0 Å². The molecule has 3 aromatic carbocycles. The molecule has 0 fully saturated rings. The molecule has 0 spiro atoms. The number of nitrogens with zero attached hydrogens (tertiary/aromatic N) is 2. The topological polar surface area (TPSA) is 105 Å². The number of benzene rings is 3. The van der Waals surface area contributed by atoms with Crippen LogP contribution in [0.3, 0.4) is 0 Å². The summed E-state index contributed by atoms with van der Waals surface area (Å²) in [7, 11) is 0. The highest BCUT2D eigenvalue weighted by Gasteiger charge is 2.19. The van der Waals surface area contributed by atoms with Crippen molar-refractivity contribution < 1.29 is 19.7 Å². The summed E-state index contributed by atoms with van der Waals surface area (Å²) in [4.78, 5) is 20.3. The summed E-state index contributed by atoms with van der Waals surface area (Å²) in [5, 5.41) is 23.3. The quantitative estimate of drug-likeness (QED) is 0.299. The first-order chi connectivity index (χ1) is 17.4. The number of carbonyl (C=O) groups excluding carboxylic acids is 1. The normalized spacial score (nSPS) is 11.6. The molecule has 4 aromatic rings. The Morgan fingerprint density at radius 3 is 2.36 bits per heavy atom. The Balaban J connectivity index is 1.38. The molecule has 1 amide bonds. The van der Waals surface area contributed by atoms with Crippen LogP contribution >= 0.6 is 11.6 Å². The third-order valence-electron chi connectivity index (χ3n) is 5.79. The highest BCUT2D eigenvalue weighted by Crippen LogP contribution is 2.27. The molecule has 0 radical (unpaired) electrons. The summed E-state index contributed by atoms with van der Waals surface area (Å²) >= 11 is 6.14. The predicted octanol–water partition coefficient (Wildman–Crippen LogP) is 4.92. The van der Waals surface area contributed by atoms with E-state index in [1.54, 1.807) is 12.1 Å². The number of aromatic nitrogens is 2. The fourth-order valence-corrected chi connectivity index (χ4v) is 4.17. The number of rotatable bonds is 9. The SMILES string of the molecule is Cc1cc(Cl)ccc1C(NC(=O)Cc1ccc(OCCc2c(O)ncnc2O)cc1)c1ccccc1. The molecule has 0 bridgehead atoms. The Bertz CT molecular complexity index is 1310. The number of aromatic hydroxyl groups is 2. The maximum absolute atomic E-state index is 13.0. The summed E-state index contributed by atoms with van der Waals surface area (Å²) in [5.41, 5.74) is 4.05. The van der Waals surface area contributed by atoms with Crippen molar-refractivity contribution >= 4 is 17.5 Å². The van der Waals surface area contributed by atoms with E-state index in [1.807, 2.05) is 67.6 Å². The van der Waals surface area contributed by atoms with Gasteiger partial charge in [-0.3, -0.25) is 4.79 Å². The van der Waals surface area contributed by atoms with Gasteiger partial charge in [-0.05, 0) is 53.4 Å². The fourth-order valence-electron chi connectivity index (χ4n) is 3.94. The molecule has 3 N–H and O–H groups in total. The highest BCUT2D eigenvalue weighted by atomic mass is 35.5. The fraction of sp³-hybridized carbons (Fsp3) is 0.179. The van der Waals surface area contributed by atoms with Crippen molar-refractivity contribution in [3.8, 4) is 17.5 Å². The van der Waals surface area contributed by atoms with Crippen molar-refractivity contribution in [2.75, 3.05) is 6.61 Å². The molecule has 8 heteroatoms. The van der Waals surface area contributed by atoms with Gasteiger partial charge < -0.3 is 20.3 Å². The van der Waals surface area contributed by atoms with E-state index >= 15 is 0 Å². The van der Waals surface area contributed by atoms with Crippen LogP contribution in [0.2, 0.25) is 5.02 Å². The summed E-state index contributed by atoms with van der Waals surface area (Å²) in [6.07, 6.45) is 1.54. The molecule has 7 nitrogen and oxygen atoms in total. The standard InChI is InChI=1S/C28H26ClN3O4/c1-18-15-21(29)9-12-23(18)26(20-5-3-2-4-6-20)32-25(33)16-19-7-10-22(11-8-19)36-14-13-24-27(34)30-17-31-28(24)35/h2-12,15,17,26H,13-14,16H2,1H3,(H,32,33)(H2,30,31,34,35). The number of ether oxygens (including phenoxy) is 1. The number of aryl methyl sites for hydroxylation is 1. The zero-order valence-electron chi connectivity index (χ0n) is 19.7. The first kappa shape index (κ1) is 25.0. The Hall–Kier alpha value is -4.10. The zero-order chi connectivity index (χ0) is 25.5. The monoisotopic (exact) mass is 503 g/mol. The molecule has 0 aliphatic carbocycles. The van der Waals surface area contributed by atoms with Crippen LogP contribution in [0.15, 0.2) is 79.1 Å². The molecule has 0 aliphatic rings.